The molecule has 0 radical (unpaired) electrons. The van der Waals surface area contributed by atoms with Gasteiger partial charge in [-0.3, -0.25) is 9.59 Å². The Morgan fingerprint density at radius 1 is 1.00 bits per heavy atom. The smallest absolute Gasteiger partial charge is 0.335 e. The van der Waals surface area contributed by atoms with Gasteiger partial charge in [0.2, 0.25) is 0 Å². The molecule has 0 bridgehead atoms. The summed E-state index contributed by atoms with van der Waals surface area (Å²) in [6.07, 6.45) is 1.34. The van der Waals surface area contributed by atoms with E-state index in [0.717, 1.165) is 5.56 Å². The van der Waals surface area contributed by atoms with Gasteiger partial charge in [0.25, 0.3) is 11.8 Å². The minimum Gasteiger partial charge on any atom is -0.478 e. The summed E-state index contributed by atoms with van der Waals surface area (Å²) in [4.78, 5) is 37.8. The van der Waals surface area contributed by atoms with E-state index in [1.165, 1.54) is 12.1 Å². The first-order chi connectivity index (χ1) is 13.0. The Hall–Kier alpha value is -3.15. The van der Waals surface area contributed by atoms with Gasteiger partial charge in [0.05, 0.1) is 5.56 Å². The summed E-state index contributed by atoms with van der Waals surface area (Å²) in [5.41, 5.74) is 2.07. The van der Waals surface area contributed by atoms with Crippen LogP contribution < -0.4 is 5.32 Å². The maximum Gasteiger partial charge on any atom is 0.335 e. The number of amides is 2. The third kappa shape index (κ3) is 4.34. The number of hydrogen-bond acceptors (Lipinski definition) is 3. The van der Waals surface area contributed by atoms with E-state index in [2.05, 4.69) is 5.32 Å². The number of hydrogen-bond donors (Lipinski definition) is 2. The van der Waals surface area contributed by atoms with Crippen LogP contribution in [0.3, 0.4) is 0 Å². The number of piperidine rings is 1. The zero-order valence-electron chi connectivity index (χ0n) is 15.1. The molecule has 0 spiro atoms. The number of aryl methyl sites for hydroxylation is 1. The van der Waals surface area contributed by atoms with Crippen molar-refractivity contribution < 1.29 is 19.5 Å². The van der Waals surface area contributed by atoms with Gasteiger partial charge in [-0.05, 0) is 49.6 Å². The zero-order valence-corrected chi connectivity index (χ0v) is 15.1. The summed E-state index contributed by atoms with van der Waals surface area (Å²) < 4.78 is 0. The monoisotopic (exact) mass is 366 g/mol. The lowest BCUT2D eigenvalue weighted by molar-refractivity contribution is 0.0695. The number of aromatic carboxylic acids is 1. The highest BCUT2D eigenvalue weighted by atomic mass is 16.4. The lowest BCUT2D eigenvalue weighted by atomic mass is 10.0. The fraction of sp³-hybridized carbons (Fsp3) is 0.286. The van der Waals surface area contributed by atoms with Crippen molar-refractivity contribution >= 4 is 17.8 Å². The fourth-order valence-electron chi connectivity index (χ4n) is 3.29. The number of nitrogens with one attached hydrogen (secondary N) is 1. The third-order valence-electron chi connectivity index (χ3n) is 4.86. The van der Waals surface area contributed by atoms with E-state index in [1.54, 1.807) is 23.1 Å². The molecule has 6 nitrogen and oxygen atoms in total. The van der Waals surface area contributed by atoms with Gasteiger partial charge in [0.1, 0.15) is 0 Å². The number of carbonyl (C=O) groups excluding carboxylic acids is 2. The van der Waals surface area contributed by atoms with Gasteiger partial charge in [-0.25, -0.2) is 4.79 Å². The molecule has 1 saturated heterocycles. The van der Waals surface area contributed by atoms with Gasteiger partial charge in [-0.2, -0.15) is 0 Å². The predicted octanol–water partition coefficient (Wildman–Crippen LogP) is 2.73. The van der Waals surface area contributed by atoms with Gasteiger partial charge < -0.3 is 15.3 Å². The van der Waals surface area contributed by atoms with Crippen LogP contribution in [-0.4, -0.2) is 46.9 Å². The van der Waals surface area contributed by atoms with Crippen molar-refractivity contribution in [1.29, 1.82) is 0 Å². The normalized spacial score (nSPS) is 14.6. The quantitative estimate of drug-likeness (QED) is 0.871. The first-order valence-corrected chi connectivity index (χ1v) is 8.95. The van der Waals surface area contributed by atoms with E-state index in [4.69, 9.17) is 5.11 Å². The van der Waals surface area contributed by atoms with Crippen molar-refractivity contribution in [2.45, 2.75) is 25.8 Å². The number of rotatable bonds is 4. The number of carboxylic acid groups (broad SMARTS) is 1. The Balaban J connectivity index is 1.58. The highest BCUT2D eigenvalue weighted by Crippen LogP contribution is 2.16. The SMILES string of the molecule is Cc1ccccc1C(=O)NC1CCN(C(=O)c2cccc(C(=O)O)c2)CC1. The number of likely N-dealkylation sites (tertiary alicyclic amines) is 1. The average molecular weight is 366 g/mol. The van der Waals surface area contributed by atoms with E-state index in [9.17, 15) is 14.4 Å². The highest BCUT2D eigenvalue weighted by Gasteiger charge is 2.25. The molecule has 1 heterocycles. The second kappa shape index (κ2) is 8.03. The Bertz CT molecular complexity index is 870. The lowest BCUT2D eigenvalue weighted by Crippen LogP contribution is -2.46. The van der Waals surface area contributed by atoms with Crippen LogP contribution in [0.25, 0.3) is 0 Å². The molecule has 2 aromatic rings. The fourth-order valence-corrected chi connectivity index (χ4v) is 3.29. The van der Waals surface area contributed by atoms with Crippen molar-refractivity contribution in [1.82, 2.24) is 10.2 Å². The van der Waals surface area contributed by atoms with Crippen LogP contribution >= 0.6 is 0 Å². The molecule has 6 heteroatoms. The third-order valence-corrected chi connectivity index (χ3v) is 4.86. The first-order valence-electron chi connectivity index (χ1n) is 8.95. The van der Waals surface area contributed by atoms with E-state index >= 15 is 0 Å². The summed E-state index contributed by atoms with van der Waals surface area (Å²) in [5.74, 6) is -1.32. The molecular formula is C21H22N2O4. The molecule has 0 unspecified atom stereocenters. The van der Waals surface area contributed by atoms with E-state index in [-0.39, 0.29) is 23.4 Å². The summed E-state index contributed by atoms with van der Waals surface area (Å²) in [6.45, 7) is 2.95. The summed E-state index contributed by atoms with van der Waals surface area (Å²) in [7, 11) is 0. The van der Waals surface area contributed by atoms with Crippen LogP contribution in [0.15, 0.2) is 48.5 Å². The first kappa shape index (κ1) is 18.6. The number of nitrogens with zero attached hydrogens (tertiary/aromatic N) is 1. The molecule has 140 valence electrons. The van der Waals surface area contributed by atoms with Crippen molar-refractivity contribution in [3.05, 3.63) is 70.8 Å². The maximum absolute atomic E-state index is 12.6. The molecule has 0 aromatic heterocycles. The predicted molar refractivity (Wildman–Crippen MR) is 101 cm³/mol. The largest absolute Gasteiger partial charge is 0.478 e. The van der Waals surface area contributed by atoms with E-state index in [0.29, 0.717) is 37.1 Å². The van der Waals surface area contributed by atoms with Gasteiger partial charge in [-0.1, -0.05) is 24.3 Å². The lowest BCUT2D eigenvalue weighted by Gasteiger charge is -2.32. The average Bonchev–Trinajstić information content (AvgIpc) is 2.68. The molecule has 1 aliphatic rings. The van der Waals surface area contributed by atoms with Crippen LogP contribution in [-0.2, 0) is 0 Å². The molecule has 0 saturated carbocycles. The van der Waals surface area contributed by atoms with Crippen LogP contribution in [0.2, 0.25) is 0 Å². The van der Waals surface area contributed by atoms with Crippen LogP contribution in [0.4, 0.5) is 0 Å². The van der Waals surface area contributed by atoms with Gasteiger partial charge in [0, 0.05) is 30.3 Å². The molecule has 27 heavy (non-hydrogen) atoms. The molecular weight excluding hydrogens is 344 g/mol. The number of carbonyl (C=O) groups is 3. The second-order valence-electron chi connectivity index (χ2n) is 6.74. The maximum atomic E-state index is 12.6. The Labute approximate surface area is 157 Å². The van der Waals surface area contributed by atoms with Crippen LogP contribution in [0, 0.1) is 6.92 Å². The van der Waals surface area contributed by atoms with Gasteiger partial charge in [0.15, 0.2) is 0 Å². The topological polar surface area (TPSA) is 86.7 Å². The highest BCUT2D eigenvalue weighted by molar-refractivity contribution is 5.98. The van der Waals surface area contributed by atoms with Crippen molar-refractivity contribution in [3.63, 3.8) is 0 Å². The molecule has 0 aliphatic carbocycles. The minimum atomic E-state index is -1.05. The second-order valence-corrected chi connectivity index (χ2v) is 6.74. The summed E-state index contributed by atoms with van der Waals surface area (Å²) in [6, 6.07) is 13.5. The van der Waals surface area contributed by atoms with Gasteiger partial charge >= 0.3 is 5.97 Å². The van der Waals surface area contributed by atoms with Crippen LogP contribution in [0.1, 0.15) is 49.5 Å². The molecule has 2 aromatic carbocycles. The van der Waals surface area contributed by atoms with Crippen molar-refractivity contribution in [3.8, 4) is 0 Å². The molecule has 0 atom stereocenters. The van der Waals surface area contributed by atoms with Gasteiger partial charge in [-0.15, -0.1) is 0 Å². The Morgan fingerprint density at radius 3 is 2.33 bits per heavy atom. The van der Waals surface area contributed by atoms with E-state index in [1.807, 2.05) is 25.1 Å². The molecule has 3 rings (SSSR count). The Morgan fingerprint density at radius 2 is 1.67 bits per heavy atom. The standard InChI is InChI=1S/C21H22N2O4/c1-14-5-2-3-8-18(14)19(24)22-17-9-11-23(12-10-17)20(25)15-6-4-7-16(13-15)21(26)27/h2-8,13,17H,9-12H2,1H3,(H,22,24)(H,26,27). The van der Waals surface area contributed by atoms with E-state index < -0.39 is 5.97 Å². The number of carboxylic acids is 1. The molecule has 2 amide bonds. The summed E-state index contributed by atoms with van der Waals surface area (Å²) in [5, 5.41) is 12.1. The minimum absolute atomic E-state index is 0.0199. The van der Waals surface area contributed by atoms with Crippen LogP contribution in [0.5, 0.6) is 0 Å². The van der Waals surface area contributed by atoms with Crippen molar-refractivity contribution in [2.24, 2.45) is 0 Å². The summed E-state index contributed by atoms with van der Waals surface area (Å²) >= 11 is 0. The van der Waals surface area contributed by atoms with Crippen molar-refractivity contribution in [2.75, 3.05) is 13.1 Å². The Kier molecular flexibility index (Phi) is 5.54. The zero-order chi connectivity index (χ0) is 19.4. The number of benzene rings is 2. The molecule has 2 N–H and O–H groups in total. The molecule has 1 fully saturated rings. The molecule has 1 aliphatic heterocycles.